The number of aromatic nitrogens is 3. The fraction of sp³-hybridized carbons (Fsp3) is 0.182. The highest BCUT2D eigenvalue weighted by Crippen LogP contribution is 2.32. The van der Waals surface area contributed by atoms with Gasteiger partial charge in [0.15, 0.2) is 0 Å². The molecule has 4 aromatic rings. The van der Waals surface area contributed by atoms with Crippen molar-refractivity contribution in [3.8, 4) is 22.0 Å². The summed E-state index contributed by atoms with van der Waals surface area (Å²) in [6, 6.07) is 11.4. The molecule has 1 aromatic carbocycles. The van der Waals surface area contributed by atoms with E-state index < -0.39 is 0 Å². The second-order valence-electron chi connectivity index (χ2n) is 7.23. The van der Waals surface area contributed by atoms with E-state index in [1.54, 1.807) is 11.3 Å². The minimum absolute atomic E-state index is 0.171. The van der Waals surface area contributed by atoms with Gasteiger partial charge in [0.2, 0.25) is 11.7 Å². The van der Waals surface area contributed by atoms with Crippen LogP contribution in [-0.4, -0.2) is 44.1 Å². The number of thiazole rings is 1. The van der Waals surface area contributed by atoms with Crippen LogP contribution < -0.4 is 0 Å². The molecule has 10 heteroatoms. The summed E-state index contributed by atoms with van der Waals surface area (Å²) in [4.78, 5) is 11.9. The van der Waals surface area contributed by atoms with Crippen LogP contribution in [0.4, 0.5) is 0 Å². The number of halogens is 1. The van der Waals surface area contributed by atoms with Crippen LogP contribution in [0.25, 0.3) is 27.5 Å². The largest absolute Gasteiger partial charge is 0.510 e. The fourth-order valence-corrected chi connectivity index (χ4v) is 5.15. The van der Waals surface area contributed by atoms with Gasteiger partial charge in [0.05, 0.1) is 22.7 Å². The lowest BCUT2D eigenvalue weighted by atomic mass is 10.2. The molecule has 0 spiro atoms. The number of aliphatic hydroxyl groups excluding tert-OH is 1. The molecule has 0 fully saturated rings. The molecule has 162 valence electrons. The summed E-state index contributed by atoms with van der Waals surface area (Å²) in [5.41, 5.74) is 2.24. The van der Waals surface area contributed by atoms with Crippen molar-refractivity contribution < 1.29 is 9.63 Å². The first-order valence-corrected chi connectivity index (χ1v) is 12.1. The zero-order valence-corrected chi connectivity index (χ0v) is 19.2. The Morgan fingerprint density at radius 1 is 1.16 bits per heavy atom. The lowest BCUT2D eigenvalue weighted by Crippen LogP contribution is -2.28. The van der Waals surface area contributed by atoms with Crippen LogP contribution in [0.1, 0.15) is 17.3 Å². The normalized spacial score (nSPS) is 14.0. The van der Waals surface area contributed by atoms with Crippen LogP contribution >= 0.6 is 34.3 Å². The van der Waals surface area contributed by atoms with Gasteiger partial charge < -0.3 is 14.5 Å². The Bertz CT molecular complexity index is 1280. The lowest BCUT2D eigenvalue weighted by molar-refractivity contribution is 0.337. The molecule has 0 unspecified atom stereocenters. The average Bonchev–Trinajstić information content (AvgIpc) is 3.57. The monoisotopic (exact) mass is 483 g/mol. The molecule has 4 heterocycles. The van der Waals surface area contributed by atoms with Gasteiger partial charge in [-0.25, -0.2) is 4.98 Å². The molecule has 7 nitrogen and oxygen atoms in total. The third-order valence-corrected chi connectivity index (χ3v) is 7.05. The maximum absolute atomic E-state index is 10.5. The maximum atomic E-state index is 10.5. The van der Waals surface area contributed by atoms with E-state index in [1.165, 1.54) is 11.3 Å². The van der Waals surface area contributed by atoms with Crippen molar-refractivity contribution >= 4 is 45.7 Å². The molecule has 3 aromatic heterocycles. The van der Waals surface area contributed by atoms with E-state index in [-0.39, 0.29) is 11.6 Å². The quantitative estimate of drug-likeness (QED) is 0.346. The Morgan fingerprint density at radius 2 is 2.00 bits per heavy atom. The predicted octanol–water partition coefficient (Wildman–Crippen LogP) is 5.77. The maximum Gasteiger partial charge on any atom is 0.227 e. The van der Waals surface area contributed by atoms with Gasteiger partial charge >= 0.3 is 0 Å². The standard InChI is InChI=1S/C22H18ClN5O2S2/c23-14-7-5-13(6-8-14)15-12-32-22(25-15)19-16(29)11-28(20(19)24)9-1-4-18-26-21(27-30-18)17-3-2-10-31-17/h2-3,5-8,10,12,24,29H,1,4,9,11H2. The summed E-state index contributed by atoms with van der Waals surface area (Å²) >= 11 is 8.95. The number of thiophene rings is 1. The summed E-state index contributed by atoms with van der Waals surface area (Å²) in [5, 5.41) is 28.3. The van der Waals surface area contributed by atoms with Crippen molar-refractivity contribution in [3.05, 3.63) is 68.8 Å². The fourth-order valence-electron chi connectivity index (χ4n) is 3.47. The van der Waals surface area contributed by atoms with Crippen molar-refractivity contribution in [1.29, 1.82) is 5.41 Å². The molecule has 0 bridgehead atoms. The van der Waals surface area contributed by atoms with Gasteiger partial charge in [0.1, 0.15) is 16.6 Å². The first-order valence-electron chi connectivity index (χ1n) is 9.93. The number of amidine groups is 1. The summed E-state index contributed by atoms with van der Waals surface area (Å²) in [6.45, 7) is 0.896. The summed E-state index contributed by atoms with van der Waals surface area (Å²) in [5.74, 6) is 1.63. The molecular formula is C22H18ClN5O2S2. The first-order chi connectivity index (χ1) is 15.6. The topological polar surface area (TPSA) is 99.1 Å². The smallest absolute Gasteiger partial charge is 0.227 e. The van der Waals surface area contributed by atoms with Crippen LogP contribution in [0, 0.1) is 5.41 Å². The molecule has 1 aliphatic rings. The highest BCUT2D eigenvalue weighted by atomic mass is 35.5. The number of hydrogen-bond donors (Lipinski definition) is 2. The summed E-state index contributed by atoms with van der Waals surface area (Å²) in [7, 11) is 0. The molecule has 5 rings (SSSR count). The molecular weight excluding hydrogens is 466 g/mol. The third-order valence-electron chi connectivity index (χ3n) is 5.07. The van der Waals surface area contributed by atoms with Gasteiger partial charge in [0.25, 0.3) is 0 Å². The highest BCUT2D eigenvalue weighted by molar-refractivity contribution is 7.13. The Hall–Kier alpha value is -3.01. The van der Waals surface area contributed by atoms with E-state index in [4.69, 9.17) is 21.5 Å². The lowest BCUT2D eigenvalue weighted by Gasteiger charge is -2.17. The SMILES string of the molecule is N=C1C(c2nc(-c3ccc(Cl)cc3)cs2)=C(O)CN1CCCc1nc(-c2cccs2)no1. The number of benzene rings is 1. The minimum atomic E-state index is 0.171. The molecule has 2 N–H and O–H groups in total. The van der Waals surface area contributed by atoms with E-state index in [2.05, 4.69) is 15.1 Å². The number of hydrogen-bond acceptors (Lipinski definition) is 8. The molecule has 0 atom stereocenters. The van der Waals surface area contributed by atoms with Gasteiger partial charge in [-0.2, -0.15) is 4.98 Å². The highest BCUT2D eigenvalue weighted by Gasteiger charge is 2.30. The van der Waals surface area contributed by atoms with E-state index >= 15 is 0 Å². The second kappa shape index (κ2) is 8.85. The number of aryl methyl sites for hydroxylation is 1. The van der Waals surface area contributed by atoms with Gasteiger partial charge in [-0.05, 0) is 30.0 Å². The van der Waals surface area contributed by atoms with Crippen molar-refractivity contribution in [2.45, 2.75) is 12.8 Å². The molecule has 0 radical (unpaired) electrons. The first kappa shape index (κ1) is 20.9. The zero-order valence-electron chi connectivity index (χ0n) is 16.8. The summed E-state index contributed by atoms with van der Waals surface area (Å²) in [6.07, 6.45) is 1.33. The van der Waals surface area contributed by atoms with E-state index in [0.29, 0.717) is 46.8 Å². The second-order valence-corrected chi connectivity index (χ2v) is 9.47. The van der Waals surface area contributed by atoms with E-state index in [0.717, 1.165) is 22.6 Å². The predicted molar refractivity (Wildman–Crippen MR) is 127 cm³/mol. The molecule has 32 heavy (non-hydrogen) atoms. The number of aliphatic hydroxyl groups is 1. The van der Waals surface area contributed by atoms with Gasteiger partial charge in [-0.3, -0.25) is 5.41 Å². The van der Waals surface area contributed by atoms with Crippen LogP contribution in [0.5, 0.6) is 0 Å². The van der Waals surface area contributed by atoms with Crippen LogP contribution in [-0.2, 0) is 6.42 Å². The number of nitrogens with zero attached hydrogens (tertiary/aromatic N) is 4. The van der Waals surface area contributed by atoms with Crippen molar-refractivity contribution in [2.75, 3.05) is 13.1 Å². The van der Waals surface area contributed by atoms with Crippen molar-refractivity contribution in [3.63, 3.8) is 0 Å². The van der Waals surface area contributed by atoms with Gasteiger partial charge in [0, 0.05) is 28.9 Å². The van der Waals surface area contributed by atoms with Crippen molar-refractivity contribution in [2.24, 2.45) is 0 Å². The Morgan fingerprint density at radius 3 is 2.78 bits per heavy atom. The van der Waals surface area contributed by atoms with Gasteiger partial charge in [-0.1, -0.05) is 35.0 Å². The number of rotatable bonds is 7. The number of nitrogens with one attached hydrogen (secondary N) is 1. The molecule has 0 amide bonds. The van der Waals surface area contributed by atoms with Crippen LogP contribution in [0.2, 0.25) is 5.02 Å². The minimum Gasteiger partial charge on any atom is -0.510 e. The van der Waals surface area contributed by atoms with Gasteiger partial charge in [-0.15, -0.1) is 22.7 Å². The van der Waals surface area contributed by atoms with E-state index in [1.807, 2.05) is 52.1 Å². The van der Waals surface area contributed by atoms with E-state index in [9.17, 15) is 5.11 Å². The van der Waals surface area contributed by atoms with Crippen molar-refractivity contribution in [1.82, 2.24) is 20.0 Å². The van der Waals surface area contributed by atoms with Crippen LogP contribution in [0.15, 0.2) is 57.4 Å². The molecule has 0 saturated carbocycles. The Balaban J connectivity index is 1.21. The third kappa shape index (κ3) is 4.19. The Labute approximate surface area is 197 Å². The average molecular weight is 484 g/mol. The molecule has 0 saturated heterocycles. The molecule has 1 aliphatic heterocycles. The molecule has 0 aliphatic carbocycles. The Kier molecular flexibility index (Phi) is 5.77. The zero-order chi connectivity index (χ0) is 22.1. The van der Waals surface area contributed by atoms with Crippen LogP contribution in [0.3, 0.4) is 0 Å². The summed E-state index contributed by atoms with van der Waals surface area (Å²) < 4.78 is 5.34.